The third-order valence-corrected chi connectivity index (χ3v) is 7.18. The lowest BCUT2D eigenvalue weighted by atomic mass is 10.0. The lowest BCUT2D eigenvalue weighted by Crippen LogP contribution is -2.49. The number of hydrogen-bond donors (Lipinski definition) is 0. The first-order chi connectivity index (χ1) is 18.5. The predicted octanol–water partition coefficient (Wildman–Crippen LogP) is 5.04. The normalized spacial score (nSPS) is 14.6. The Morgan fingerprint density at radius 3 is 2.42 bits per heavy atom. The number of fused-ring (bicyclic) bond motifs is 1. The highest BCUT2D eigenvalue weighted by Crippen LogP contribution is 2.33. The number of piperazine rings is 1. The molecule has 0 aliphatic carbocycles. The van der Waals surface area contributed by atoms with Gasteiger partial charge in [0.1, 0.15) is 5.82 Å². The minimum absolute atomic E-state index is 0.00627. The molecule has 3 aromatic carbocycles. The highest BCUT2D eigenvalue weighted by molar-refractivity contribution is 5.95. The fourth-order valence-electron chi connectivity index (χ4n) is 5.10. The third-order valence-electron chi connectivity index (χ3n) is 7.18. The van der Waals surface area contributed by atoms with E-state index in [1.807, 2.05) is 23.1 Å². The van der Waals surface area contributed by atoms with Gasteiger partial charge in [0, 0.05) is 55.0 Å². The number of nitrogens with zero attached hydrogens (tertiary/aromatic N) is 4. The van der Waals surface area contributed by atoms with E-state index in [1.165, 1.54) is 11.1 Å². The van der Waals surface area contributed by atoms with Crippen LogP contribution >= 0.6 is 0 Å². The third kappa shape index (κ3) is 4.79. The van der Waals surface area contributed by atoms with Gasteiger partial charge in [0.05, 0.1) is 0 Å². The quantitative estimate of drug-likeness (QED) is 0.378. The van der Waals surface area contributed by atoms with Crippen molar-refractivity contribution in [2.75, 3.05) is 37.9 Å². The maximum Gasteiger partial charge on any atom is 0.254 e. The highest BCUT2D eigenvalue weighted by Gasteiger charge is 2.27. The van der Waals surface area contributed by atoms with E-state index < -0.39 is 0 Å². The number of carbonyl (C=O) groups excluding carboxylic acids is 1. The lowest BCUT2D eigenvalue weighted by Gasteiger charge is -2.36. The van der Waals surface area contributed by atoms with E-state index in [4.69, 9.17) is 19.4 Å². The van der Waals surface area contributed by atoms with Crippen molar-refractivity contribution in [2.45, 2.75) is 20.3 Å². The predicted molar refractivity (Wildman–Crippen MR) is 147 cm³/mol. The van der Waals surface area contributed by atoms with Gasteiger partial charge >= 0.3 is 0 Å². The molecule has 6 rings (SSSR count). The second-order valence-electron chi connectivity index (χ2n) is 9.81. The molecule has 3 heterocycles. The molecule has 1 fully saturated rings. The molecule has 38 heavy (non-hydrogen) atoms. The van der Waals surface area contributed by atoms with Crippen LogP contribution in [-0.4, -0.2) is 53.7 Å². The van der Waals surface area contributed by atoms with Gasteiger partial charge in [-0.1, -0.05) is 54.1 Å². The van der Waals surface area contributed by atoms with Crippen LogP contribution in [0.25, 0.3) is 11.4 Å². The molecule has 1 aromatic heterocycles. The van der Waals surface area contributed by atoms with Crippen molar-refractivity contribution in [1.29, 1.82) is 0 Å². The molecule has 0 bridgehead atoms. The largest absolute Gasteiger partial charge is 0.454 e. The first-order valence-electron chi connectivity index (χ1n) is 13.0. The summed E-state index contributed by atoms with van der Waals surface area (Å²) in [6.45, 7) is 6.96. The molecule has 1 saturated heterocycles. The summed E-state index contributed by atoms with van der Waals surface area (Å²) in [6.07, 6.45) is 0.756. The van der Waals surface area contributed by atoms with Gasteiger partial charge in [-0.15, -0.1) is 0 Å². The molecule has 0 N–H and O–H groups in total. The van der Waals surface area contributed by atoms with Crippen molar-refractivity contribution >= 4 is 11.7 Å². The molecule has 7 nitrogen and oxygen atoms in total. The number of hydrogen-bond acceptors (Lipinski definition) is 6. The monoisotopic (exact) mass is 506 g/mol. The molecule has 4 aromatic rings. The van der Waals surface area contributed by atoms with Crippen LogP contribution < -0.4 is 14.4 Å². The van der Waals surface area contributed by atoms with Crippen LogP contribution in [-0.2, 0) is 6.42 Å². The van der Waals surface area contributed by atoms with Crippen LogP contribution in [0, 0.1) is 13.8 Å². The molecule has 0 saturated carbocycles. The molecule has 2 aliphatic rings. The van der Waals surface area contributed by atoms with Gasteiger partial charge in [-0.05, 0) is 43.7 Å². The molecule has 0 unspecified atom stereocenters. The molecule has 0 radical (unpaired) electrons. The first-order valence-corrected chi connectivity index (χ1v) is 13.0. The number of benzene rings is 3. The summed E-state index contributed by atoms with van der Waals surface area (Å²) in [7, 11) is 0. The van der Waals surface area contributed by atoms with Gasteiger partial charge in [-0.25, -0.2) is 9.97 Å². The fourth-order valence-corrected chi connectivity index (χ4v) is 5.10. The van der Waals surface area contributed by atoms with Crippen molar-refractivity contribution < 1.29 is 14.3 Å². The van der Waals surface area contributed by atoms with Gasteiger partial charge in [0.25, 0.3) is 5.91 Å². The van der Waals surface area contributed by atoms with Gasteiger partial charge in [0.15, 0.2) is 17.3 Å². The summed E-state index contributed by atoms with van der Waals surface area (Å²) in [5, 5.41) is 0. The molecule has 2 aliphatic heterocycles. The fraction of sp³-hybridized carbons (Fsp3) is 0.258. The maximum absolute atomic E-state index is 13.3. The van der Waals surface area contributed by atoms with Crippen LogP contribution in [0.15, 0.2) is 72.8 Å². The molecule has 192 valence electrons. The van der Waals surface area contributed by atoms with Crippen molar-refractivity contribution in [3.8, 4) is 22.9 Å². The minimum atomic E-state index is 0.00627. The molecule has 0 atom stereocenters. The van der Waals surface area contributed by atoms with E-state index in [9.17, 15) is 4.79 Å². The zero-order valence-electron chi connectivity index (χ0n) is 21.7. The van der Waals surface area contributed by atoms with Crippen LogP contribution in [0.3, 0.4) is 0 Å². The van der Waals surface area contributed by atoms with Crippen molar-refractivity contribution in [3.05, 3.63) is 101 Å². The van der Waals surface area contributed by atoms with E-state index in [2.05, 4.69) is 61.2 Å². The van der Waals surface area contributed by atoms with Crippen molar-refractivity contribution in [2.24, 2.45) is 0 Å². The van der Waals surface area contributed by atoms with Crippen LogP contribution in [0.4, 0.5) is 5.82 Å². The van der Waals surface area contributed by atoms with E-state index in [1.54, 1.807) is 12.1 Å². The summed E-state index contributed by atoms with van der Waals surface area (Å²) in [4.78, 5) is 27.5. The van der Waals surface area contributed by atoms with Crippen LogP contribution in [0.5, 0.6) is 11.5 Å². The zero-order chi connectivity index (χ0) is 26.1. The number of ether oxygens (including phenoxy) is 2. The molecule has 1 amide bonds. The Hall–Kier alpha value is -4.39. The van der Waals surface area contributed by atoms with Gasteiger partial charge in [-0.3, -0.25) is 4.79 Å². The Morgan fingerprint density at radius 2 is 1.63 bits per heavy atom. The summed E-state index contributed by atoms with van der Waals surface area (Å²) in [5.74, 6) is 3.00. The topological polar surface area (TPSA) is 67.8 Å². The Kier molecular flexibility index (Phi) is 6.42. The summed E-state index contributed by atoms with van der Waals surface area (Å²) in [5.41, 5.74) is 6.14. The first kappa shape index (κ1) is 24.0. The maximum atomic E-state index is 13.3. The van der Waals surface area contributed by atoms with Crippen LogP contribution in [0.2, 0.25) is 0 Å². The second kappa shape index (κ2) is 10.2. The number of aryl methyl sites for hydroxylation is 2. The van der Waals surface area contributed by atoms with E-state index >= 15 is 0 Å². The van der Waals surface area contributed by atoms with Crippen molar-refractivity contribution in [3.63, 3.8) is 0 Å². The number of aromatic nitrogens is 2. The van der Waals surface area contributed by atoms with E-state index in [-0.39, 0.29) is 12.7 Å². The average molecular weight is 507 g/mol. The molecule has 0 spiro atoms. The minimum Gasteiger partial charge on any atom is -0.454 e. The smallest absolute Gasteiger partial charge is 0.254 e. The van der Waals surface area contributed by atoms with Gasteiger partial charge in [-0.2, -0.15) is 0 Å². The number of rotatable bonds is 5. The standard InChI is InChI=1S/C31H30N4O3/c1-21-7-6-10-24(17-21)29-32-22(2)26(18-23-8-4-3-5-9-23)30(33-29)34-13-15-35(16-14-34)31(36)25-11-12-27-28(19-25)38-20-37-27/h3-12,17,19H,13-16,18,20H2,1-2H3. The molecule has 7 heteroatoms. The Balaban J connectivity index is 1.27. The number of amides is 1. The number of carbonyl (C=O) groups is 1. The lowest BCUT2D eigenvalue weighted by molar-refractivity contribution is 0.0746. The molecular weight excluding hydrogens is 476 g/mol. The summed E-state index contributed by atoms with van der Waals surface area (Å²) < 4.78 is 10.9. The Bertz CT molecular complexity index is 1480. The second-order valence-corrected chi connectivity index (χ2v) is 9.81. The molecular formula is C31H30N4O3. The summed E-state index contributed by atoms with van der Waals surface area (Å²) in [6, 6.07) is 24.1. The van der Waals surface area contributed by atoms with Gasteiger partial charge in [0.2, 0.25) is 6.79 Å². The zero-order valence-corrected chi connectivity index (χ0v) is 21.7. The number of anilines is 1. The van der Waals surface area contributed by atoms with E-state index in [0.29, 0.717) is 43.2 Å². The van der Waals surface area contributed by atoms with Gasteiger partial charge < -0.3 is 19.3 Å². The van der Waals surface area contributed by atoms with E-state index in [0.717, 1.165) is 34.9 Å². The Labute approximate surface area is 222 Å². The summed E-state index contributed by atoms with van der Waals surface area (Å²) >= 11 is 0. The van der Waals surface area contributed by atoms with Crippen LogP contribution in [0.1, 0.15) is 32.7 Å². The Morgan fingerprint density at radius 1 is 0.842 bits per heavy atom. The highest BCUT2D eigenvalue weighted by atomic mass is 16.7. The van der Waals surface area contributed by atoms with Crippen molar-refractivity contribution in [1.82, 2.24) is 14.9 Å². The SMILES string of the molecule is Cc1cccc(-c2nc(C)c(Cc3ccccc3)c(N3CCN(C(=O)c4ccc5c(c4)OCO5)CC3)n2)c1. The average Bonchev–Trinajstić information content (AvgIpc) is 3.42.